The summed E-state index contributed by atoms with van der Waals surface area (Å²) in [4.78, 5) is 12.5. The van der Waals surface area contributed by atoms with E-state index in [1.165, 1.54) is 24.0 Å². The van der Waals surface area contributed by atoms with Crippen molar-refractivity contribution in [1.29, 1.82) is 0 Å². The molecule has 0 aliphatic carbocycles. The van der Waals surface area contributed by atoms with Gasteiger partial charge in [-0.2, -0.15) is 0 Å². The second-order valence-corrected chi connectivity index (χ2v) is 5.04. The summed E-state index contributed by atoms with van der Waals surface area (Å²) in [7, 11) is -4.46. The van der Waals surface area contributed by atoms with Crippen LogP contribution in [-0.2, 0) is 21.3 Å². The van der Waals surface area contributed by atoms with E-state index in [-0.39, 0.29) is 10.8 Å². The number of nitrogens with zero attached hydrogens (tertiary/aromatic N) is 1. The molecule has 0 N–H and O–H groups in total. The van der Waals surface area contributed by atoms with E-state index in [1.54, 1.807) is 6.07 Å². The van der Waals surface area contributed by atoms with Gasteiger partial charge in [-0.1, -0.05) is 6.07 Å². The van der Waals surface area contributed by atoms with Gasteiger partial charge in [-0.25, -0.2) is 8.42 Å². The minimum absolute atomic E-state index is 0.154. The number of carbonyl (C=O) groups is 1. The first-order valence-corrected chi connectivity index (χ1v) is 6.17. The van der Waals surface area contributed by atoms with Crippen LogP contribution in [0.2, 0.25) is 0 Å². The Morgan fingerprint density at radius 3 is 2.69 bits per heavy atom. The first kappa shape index (κ1) is 11.1. The standard InChI is InChI=1S/C10H11NO4S/c1-7(12)11-5-4-8-2-3-9(6-10(8)11)16(13,14)15/h2-3,6H,4-5H2,1H3,(H,13,14,15)/p-1. The lowest BCUT2D eigenvalue weighted by atomic mass is 10.2. The van der Waals surface area contributed by atoms with E-state index < -0.39 is 10.1 Å². The maximum absolute atomic E-state index is 11.3. The van der Waals surface area contributed by atoms with Crippen molar-refractivity contribution in [3.05, 3.63) is 23.8 Å². The predicted molar refractivity (Wildman–Crippen MR) is 56.1 cm³/mol. The Bertz CT molecular complexity index is 550. The second-order valence-electron chi connectivity index (χ2n) is 3.67. The van der Waals surface area contributed by atoms with E-state index in [1.807, 2.05) is 0 Å². The van der Waals surface area contributed by atoms with Crippen LogP contribution in [0, 0.1) is 0 Å². The van der Waals surface area contributed by atoms with Gasteiger partial charge < -0.3 is 9.45 Å². The largest absolute Gasteiger partial charge is 0.744 e. The summed E-state index contributed by atoms with van der Waals surface area (Å²) in [5.41, 5.74) is 1.42. The molecule has 0 saturated carbocycles. The Hall–Kier alpha value is -1.40. The van der Waals surface area contributed by atoms with Crippen LogP contribution in [0.3, 0.4) is 0 Å². The topological polar surface area (TPSA) is 77.5 Å². The van der Waals surface area contributed by atoms with Crippen molar-refractivity contribution >= 4 is 21.7 Å². The molecule has 0 spiro atoms. The average Bonchev–Trinajstić information content (AvgIpc) is 2.58. The van der Waals surface area contributed by atoms with Gasteiger partial charge in [-0.05, 0) is 24.1 Å². The van der Waals surface area contributed by atoms with E-state index in [0.717, 1.165) is 5.56 Å². The predicted octanol–water partition coefficient (Wildman–Crippen LogP) is 0.500. The van der Waals surface area contributed by atoms with Gasteiger partial charge in [-0.3, -0.25) is 4.79 Å². The fourth-order valence-corrected chi connectivity index (χ4v) is 2.33. The van der Waals surface area contributed by atoms with Gasteiger partial charge in [0.15, 0.2) is 0 Å². The quantitative estimate of drug-likeness (QED) is 0.670. The highest BCUT2D eigenvalue weighted by Gasteiger charge is 2.22. The molecule has 2 rings (SSSR count). The number of benzene rings is 1. The number of rotatable bonds is 1. The van der Waals surface area contributed by atoms with Crippen LogP contribution in [-0.4, -0.2) is 25.4 Å². The highest BCUT2D eigenvalue weighted by atomic mass is 32.2. The molecule has 86 valence electrons. The molecule has 1 aromatic carbocycles. The summed E-state index contributed by atoms with van der Waals surface area (Å²) in [5.74, 6) is -0.154. The molecule has 1 amide bonds. The summed E-state index contributed by atoms with van der Waals surface area (Å²) >= 11 is 0. The number of hydrogen-bond acceptors (Lipinski definition) is 4. The van der Waals surface area contributed by atoms with Crippen LogP contribution in [0.4, 0.5) is 5.69 Å². The Morgan fingerprint density at radius 1 is 1.44 bits per heavy atom. The van der Waals surface area contributed by atoms with Crippen molar-refractivity contribution in [2.24, 2.45) is 0 Å². The smallest absolute Gasteiger partial charge is 0.223 e. The highest BCUT2D eigenvalue weighted by Crippen LogP contribution is 2.30. The summed E-state index contributed by atoms with van der Waals surface area (Å²) in [5, 5.41) is 0. The lowest BCUT2D eigenvalue weighted by molar-refractivity contribution is -0.116. The third kappa shape index (κ3) is 1.81. The molecule has 0 bridgehead atoms. The molecule has 1 heterocycles. The van der Waals surface area contributed by atoms with Crippen molar-refractivity contribution in [2.45, 2.75) is 18.2 Å². The average molecular weight is 240 g/mol. The summed E-state index contributed by atoms with van der Waals surface area (Å²) in [6, 6.07) is 4.14. The Kier molecular flexibility index (Phi) is 2.47. The maximum atomic E-state index is 11.3. The van der Waals surface area contributed by atoms with E-state index >= 15 is 0 Å². The van der Waals surface area contributed by atoms with Crippen LogP contribution < -0.4 is 4.90 Å². The van der Waals surface area contributed by atoms with Crippen LogP contribution in [0.25, 0.3) is 0 Å². The fourth-order valence-electron chi connectivity index (χ4n) is 1.84. The lowest BCUT2D eigenvalue weighted by Gasteiger charge is -2.16. The fraction of sp³-hybridized carbons (Fsp3) is 0.300. The minimum Gasteiger partial charge on any atom is -0.744 e. The molecule has 1 aliphatic rings. The highest BCUT2D eigenvalue weighted by molar-refractivity contribution is 7.85. The van der Waals surface area contributed by atoms with E-state index in [4.69, 9.17) is 0 Å². The number of anilines is 1. The number of amides is 1. The Labute approximate surface area is 93.4 Å². The number of carbonyl (C=O) groups excluding carboxylic acids is 1. The van der Waals surface area contributed by atoms with E-state index in [0.29, 0.717) is 18.7 Å². The summed E-state index contributed by atoms with van der Waals surface area (Å²) in [6.45, 7) is 1.94. The van der Waals surface area contributed by atoms with Gasteiger partial charge in [0.1, 0.15) is 10.1 Å². The third-order valence-corrected chi connectivity index (χ3v) is 3.45. The van der Waals surface area contributed by atoms with Gasteiger partial charge in [0.2, 0.25) is 5.91 Å². The molecule has 0 unspecified atom stereocenters. The van der Waals surface area contributed by atoms with Crippen molar-refractivity contribution in [3.63, 3.8) is 0 Å². The Balaban J connectivity index is 2.54. The summed E-state index contributed by atoms with van der Waals surface area (Å²) in [6.07, 6.45) is 0.689. The molecule has 1 aliphatic heterocycles. The monoisotopic (exact) mass is 240 g/mol. The molecular formula is C10H10NO4S-. The molecule has 5 nitrogen and oxygen atoms in total. The minimum atomic E-state index is -4.46. The molecule has 16 heavy (non-hydrogen) atoms. The van der Waals surface area contributed by atoms with E-state index in [9.17, 15) is 17.8 Å². The van der Waals surface area contributed by atoms with Crippen LogP contribution in [0.15, 0.2) is 23.1 Å². The Morgan fingerprint density at radius 2 is 2.12 bits per heavy atom. The molecule has 0 atom stereocenters. The zero-order valence-corrected chi connectivity index (χ0v) is 9.45. The van der Waals surface area contributed by atoms with Crippen LogP contribution in [0.1, 0.15) is 12.5 Å². The number of hydrogen-bond donors (Lipinski definition) is 0. The zero-order valence-electron chi connectivity index (χ0n) is 8.63. The molecule has 1 aromatic rings. The SMILES string of the molecule is CC(=O)N1CCc2ccc(S(=O)(=O)[O-])cc21. The first-order chi connectivity index (χ1) is 7.39. The third-order valence-electron chi connectivity index (χ3n) is 2.62. The summed E-state index contributed by atoms with van der Waals surface area (Å²) < 4.78 is 32.6. The van der Waals surface area contributed by atoms with Gasteiger partial charge in [0.25, 0.3) is 0 Å². The van der Waals surface area contributed by atoms with Crippen molar-refractivity contribution in [2.75, 3.05) is 11.4 Å². The molecule has 0 radical (unpaired) electrons. The van der Waals surface area contributed by atoms with Crippen molar-refractivity contribution in [1.82, 2.24) is 0 Å². The molecular weight excluding hydrogens is 230 g/mol. The van der Waals surface area contributed by atoms with Gasteiger partial charge in [0.05, 0.1) is 4.90 Å². The first-order valence-electron chi connectivity index (χ1n) is 4.76. The number of fused-ring (bicyclic) bond motifs is 1. The molecule has 0 saturated heterocycles. The molecule has 0 fully saturated rings. The normalized spacial score (nSPS) is 15.0. The second kappa shape index (κ2) is 3.57. The molecule has 6 heteroatoms. The van der Waals surface area contributed by atoms with Gasteiger partial charge in [0, 0.05) is 19.2 Å². The zero-order chi connectivity index (χ0) is 11.9. The maximum Gasteiger partial charge on any atom is 0.223 e. The van der Waals surface area contributed by atoms with Crippen molar-refractivity contribution in [3.8, 4) is 0 Å². The van der Waals surface area contributed by atoms with Crippen LogP contribution in [0.5, 0.6) is 0 Å². The van der Waals surface area contributed by atoms with E-state index in [2.05, 4.69) is 0 Å². The lowest BCUT2D eigenvalue weighted by Crippen LogP contribution is -2.25. The molecule has 0 aromatic heterocycles. The van der Waals surface area contributed by atoms with Crippen LogP contribution >= 0.6 is 0 Å². The van der Waals surface area contributed by atoms with Crippen molar-refractivity contribution < 1.29 is 17.8 Å². The van der Waals surface area contributed by atoms with Gasteiger partial charge in [-0.15, -0.1) is 0 Å². The van der Waals surface area contributed by atoms with Gasteiger partial charge >= 0.3 is 0 Å².